The standard InChI is InChI=1S/C11H20N2O/c1-8(12)10(14)13-9-4-7-11(9)5-2-3-6-11/h8-9H,2-7,12H2,1H3,(H,13,14)/t8-,9?/m1/s1. The van der Waals surface area contributed by atoms with E-state index in [1.165, 1.54) is 32.1 Å². The van der Waals surface area contributed by atoms with Gasteiger partial charge in [0.2, 0.25) is 5.91 Å². The maximum Gasteiger partial charge on any atom is 0.236 e. The van der Waals surface area contributed by atoms with Crippen molar-refractivity contribution in [1.29, 1.82) is 0 Å². The number of hydrogen-bond acceptors (Lipinski definition) is 2. The normalized spacial score (nSPS) is 31.1. The monoisotopic (exact) mass is 196 g/mol. The number of carbonyl (C=O) groups excluding carboxylic acids is 1. The van der Waals surface area contributed by atoms with Gasteiger partial charge in [-0.05, 0) is 38.0 Å². The third-order valence-corrected chi connectivity index (χ3v) is 4.00. The summed E-state index contributed by atoms with van der Waals surface area (Å²) in [5.74, 6) is 0.0148. The smallest absolute Gasteiger partial charge is 0.236 e. The van der Waals surface area contributed by atoms with Gasteiger partial charge >= 0.3 is 0 Å². The number of carbonyl (C=O) groups is 1. The molecule has 3 N–H and O–H groups in total. The van der Waals surface area contributed by atoms with Crippen molar-refractivity contribution in [1.82, 2.24) is 5.32 Å². The molecule has 0 saturated heterocycles. The summed E-state index contributed by atoms with van der Waals surface area (Å²) in [6.07, 6.45) is 7.73. The zero-order valence-corrected chi connectivity index (χ0v) is 8.88. The third-order valence-electron chi connectivity index (χ3n) is 4.00. The minimum atomic E-state index is -0.367. The lowest BCUT2D eigenvalue weighted by molar-refractivity contribution is -0.125. The van der Waals surface area contributed by atoms with Crippen LogP contribution < -0.4 is 11.1 Å². The van der Waals surface area contributed by atoms with Crippen LogP contribution in [0.25, 0.3) is 0 Å². The van der Waals surface area contributed by atoms with Crippen LogP contribution in [0.5, 0.6) is 0 Å². The largest absolute Gasteiger partial charge is 0.351 e. The second-order valence-corrected chi connectivity index (χ2v) is 4.96. The van der Waals surface area contributed by atoms with Gasteiger partial charge in [0.15, 0.2) is 0 Å². The molecule has 0 aliphatic heterocycles. The summed E-state index contributed by atoms with van der Waals surface area (Å²) < 4.78 is 0. The molecule has 80 valence electrons. The third kappa shape index (κ3) is 1.54. The zero-order valence-electron chi connectivity index (χ0n) is 8.88. The van der Waals surface area contributed by atoms with Crippen molar-refractivity contribution < 1.29 is 4.79 Å². The van der Waals surface area contributed by atoms with E-state index in [0.29, 0.717) is 11.5 Å². The van der Waals surface area contributed by atoms with Gasteiger partial charge in [0.05, 0.1) is 6.04 Å². The molecule has 2 rings (SSSR count). The number of hydrogen-bond donors (Lipinski definition) is 2. The molecule has 0 bridgehead atoms. The lowest BCUT2D eigenvalue weighted by Crippen LogP contribution is -2.56. The minimum Gasteiger partial charge on any atom is -0.351 e. The van der Waals surface area contributed by atoms with Crippen LogP contribution in [-0.2, 0) is 4.79 Å². The molecule has 1 spiro atoms. The second kappa shape index (κ2) is 3.54. The quantitative estimate of drug-likeness (QED) is 0.696. The second-order valence-electron chi connectivity index (χ2n) is 4.96. The number of amides is 1. The minimum absolute atomic E-state index is 0.0148. The zero-order chi connectivity index (χ0) is 10.2. The Hall–Kier alpha value is -0.570. The highest BCUT2D eigenvalue weighted by atomic mass is 16.2. The fourth-order valence-corrected chi connectivity index (χ4v) is 2.90. The lowest BCUT2D eigenvalue weighted by Gasteiger charge is -2.47. The molecule has 0 radical (unpaired) electrons. The van der Waals surface area contributed by atoms with E-state index in [2.05, 4.69) is 5.32 Å². The first-order chi connectivity index (χ1) is 6.64. The summed E-state index contributed by atoms with van der Waals surface area (Å²) in [6, 6.07) is 0.0533. The molecule has 1 amide bonds. The molecule has 0 aromatic carbocycles. The summed E-state index contributed by atoms with van der Waals surface area (Å²) in [5, 5.41) is 3.08. The lowest BCUT2D eigenvalue weighted by atomic mass is 9.63. The Balaban J connectivity index is 1.90. The first kappa shape index (κ1) is 9.97. The molecule has 0 aromatic heterocycles. The van der Waals surface area contributed by atoms with E-state index in [1.54, 1.807) is 6.92 Å². The predicted molar refractivity (Wildman–Crippen MR) is 55.7 cm³/mol. The molecule has 2 aliphatic rings. The average molecular weight is 196 g/mol. The van der Waals surface area contributed by atoms with E-state index in [-0.39, 0.29) is 11.9 Å². The molecular formula is C11H20N2O. The Morgan fingerprint density at radius 1 is 1.43 bits per heavy atom. The van der Waals surface area contributed by atoms with Crippen LogP contribution in [0.2, 0.25) is 0 Å². The van der Waals surface area contributed by atoms with E-state index in [0.717, 1.165) is 6.42 Å². The number of nitrogens with one attached hydrogen (secondary N) is 1. The molecule has 3 nitrogen and oxygen atoms in total. The van der Waals surface area contributed by atoms with Gasteiger partial charge in [-0.25, -0.2) is 0 Å². The van der Waals surface area contributed by atoms with Crippen molar-refractivity contribution in [2.45, 2.75) is 57.5 Å². The topological polar surface area (TPSA) is 55.1 Å². The van der Waals surface area contributed by atoms with Crippen molar-refractivity contribution in [3.63, 3.8) is 0 Å². The van der Waals surface area contributed by atoms with Crippen LogP contribution in [0.15, 0.2) is 0 Å². The fraction of sp³-hybridized carbons (Fsp3) is 0.909. The van der Waals surface area contributed by atoms with Gasteiger partial charge in [-0.3, -0.25) is 4.79 Å². The van der Waals surface area contributed by atoms with Crippen LogP contribution in [0.3, 0.4) is 0 Å². The molecule has 2 atom stereocenters. The van der Waals surface area contributed by atoms with Crippen LogP contribution in [0, 0.1) is 5.41 Å². The fourth-order valence-electron chi connectivity index (χ4n) is 2.90. The Morgan fingerprint density at radius 3 is 2.50 bits per heavy atom. The van der Waals surface area contributed by atoms with Crippen molar-refractivity contribution in [2.75, 3.05) is 0 Å². The highest BCUT2D eigenvalue weighted by Gasteiger charge is 2.48. The Morgan fingerprint density at radius 2 is 2.07 bits per heavy atom. The summed E-state index contributed by atoms with van der Waals surface area (Å²) in [4.78, 5) is 11.4. The van der Waals surface area contributed by atoms with Gasteiger partial charge < -0.3 is 11.1 Å². The molecule has 2 saturated carbocycles. The highest BCUT2D eigenvalue weighted by Crippen LogP contribution is 2.53. The number of nitrogens with two attached hydrogens (primary N) is 1. The van der Waals surface area contributed by atoms with E-state index < -0.39 is 0 Å². The van der Waals surface area contributed by atoms with Crippen LogP contribution >= 0.6 is 0 Å². The first-order valence-electron chi connectivity index (χ1n) is 5.70. The van der Waals surface area contributed by atoms with Gasteiger partial charge in [-0.15, -0.1) is 0 Å². The van der Waals surface area contributed by atoms with Crippen LogP contribution in [0.1, 0.15) is 45.4 Å². The molecule has 3 heteroatoms. The molecule has 0 aromatic rings. The molecule has 1 unspecified atom stereocenters. The summed E-state index contributed by atoms with van der Waals surface area (Å²) in [7, 11) is 0. The van der Waals surface area contributed by atoms with Gasteiger partial charge in [-0.2, -0.15) is 0 Å². The summed E-state index contributed by atoms with van der Waals surface area (Å²) >= 11 is 0. The van der Waals surface area contributed by atoms with E-state index >= 15 is 0 Å². The predicted octanol–water partition coefficient (Wildman–Crippen LogP) is 1.17. The Kier molecular flexibility index (Phi) is 2.52. The Bertz CT molecular complexity index is 231. The van der Waals surface area contributed by atoms with Crippen molar-refractivity contribution in [3.05, 3.63) is 0 Å². The van der Waals surface area contributed by atoms with Gasteiger partial charge in [0, 0.05) is 6.04 Å². The van der Waals surface area contributed by atoms with Crippen molar-refractivity contribution >= 4 is 5.91 Å². The van der Waals surface area contributed by atoms with Gasteiger partial charge in [0.25, 0.3) is 0 Å². The van der Waals surface area contributed by atoms with Crippen molar-refractivity contribution in [3.8, 4) is 0 Å². The van der Waals surface area contributed by atoms with Gasteiger partial charge in [0.1, 0.15) is 0 Å². The molecule has 2 fully saturated rings. The van der Waals surface area contributed by atoms with Crippen molar-refractivity contribution in [2.24, 2.45) is 11.1 Å². The maximum absolute atomic E-state index is 11.4. The Labute approximate surface area is 85.4 Å². The highest BCUT2D eigenvalue weighted by molar-refractivity contribution is 5.81. The average Bonchev–Trinajstić information content (AvgIpc) is 2.62. The maximum atomic E-state index is 11.4. The van der Waals surface area contributed by atoms with E-state index in [9.17, 15) is 4.79 Å². The first-order valence-corrected chi connectivity index (χ1v) is 5.70. The van der Waals surface area contributed by atoms with Crippen LogP contribution in [0.4, 0.5) is 0 Å². The van der Waals surface area contributed by atoms with E-state index in [4.69, 9.17) is 5.73 Å². The van der Waals surface area contributed by atoms with Crippen LogP contribution in [-0.4, -0.2) is 18.0 Å². The molecule has 0 heterocycles. The van der Waals surface area contributed by atoms with E-state index in [1.807, 2.05) is 0 Å². The number of rotatable bonds is 2. The summed E-state index contributed by atoms with van der Waals surface area (Å²) in [6.45, 7) is 1.75. The summed E-state index contributed by atoms with van der Waals surface area (Å²) in [5.41, 5.74) is 6.00. The van der Waals surface area contributed by atoms with Gasteiger partial charge in [-0.1, -0.05) is 12.8 Å². The SMILES string of the molecule is C[C@@H](N)C(=O)NC1CCC12CCCC2. The molecule has 2 aliphatic carbocycles. The molecule has 14 heavy (non-hydrogen) atoms. The molecular weight excluding hydrogens is 176 g/mol.